The highest BCUT2D eigenvalue weighted by Gasteiger charge is 2.28. The van der Waals surface area contributed by atoms with E-state index in [0.717, 1.165) is 70.6 Å². The maximum atomic E-state index is 12.3. The van der Waals surface area contributed by atoms with Crippen LogP contribution < -0.4 is 5.32 Å². The Morgan fingerprint density at radius 2 is 0.879 bits per heavy atom. The standard InChI is InChI=1S/C54H94NO10P/c1-3-5-7-9-11-13-15-17-19-21-23-25-27-29-31-33-35-37-39-41-43-45-52(57)55-51(54(59)60)49-65-66(61,62)64-48-50(56)47-63-53(58)46-44-42-40-38-36-34-32-30-28-26-24-22-20-18-16-14-12-10-8-6-4-2/h5,7,11,13,17,19,23,25,29,31,35,37,50-51,56H,3-4,6,8-10,12,14-16,18,20-22,24,26-28,30,32-34,36,38-49H2,1-2H3,(H,55,57)(H,59,60)(H,61,62)/b7-5-,13-11-,19-17-,25-23-,31-29-,37-35-. The third-order valence-corrected chi connectivity index (χ3v) is 12.0. The fraction of sp³-hybridized carbons (Fsp3) is 0.722. The van der Waals surface area contributed by atoms with E-state index in [9.17, 15) is 34.1 Å². The topological polar surface area (TPSA) is 169 Å². The largest absolute Gasteiger partial charge is 0.480 e. The monoisotopic (exact) mass is 948 g/mol. The van der Waals surface area contributed by atoms with Crippen molar-refractivity contribution in [1.29, 1.82) is 0 Å². The molecule has 0 saturated heterocycles. The van der Waals surface area contributed by atoms with E-state index in [-0.39, 0.29) is 12.8 Å². The second-order valence-electron chi connectivity index (χ2n) is 17.3. The number of carbonyl (C=O) groups excluding carboxylic acids is 2. The molecule has 3 atom stereocenters. The molecule has 3 unspecified atom stereocenters. The molecule has 0 saturated carbocycles. The number of aliphatic carboxylic acids is 1. The molecule has 0 aromatic heterocycles. The fourth-order valence-corrected chi connectivity index (χ4v) is 7.80. The summed E-state index contributed by atoms with van der Waals surface area (Å²) in [6, 6.07) is -1.57. The van der Waals surface area contributed by atoms with Gasteiger partial charge in [0, 0.05) is 12.8 Å². The van der Waals surface area contributed by atoms with Gasteiger partial charge < -0.3 is 25.2 Å². The Bertz CT molecular complexity index is 1390. The van der Waals surface area contributed by atoms with Gasteiger partial charge in [-0.2, -0.15) is 0 Å². The minimum atomic E-state index is -4.78. The number of hydrogen-bond acceptors (Lipinski definition) is 8. The summed E-state index contributed by atoms with van der Waals surface area (Å²) in [4.78, 5) is 46.1. The van der Waals surface area contributed by atoms with E-state index in [4.69, 9.17) is 13.8 Å². The smallest absolute Gasteiger partial charge is 0.472 e. The molecule has 0 aliphatic heterocycles. The summed E-state index contributed by atoms with van der Waals surface area (Å²) in [7, 11) is -4.78. The first-order valence-electron chi connectivity index (χ1n) is 26.0. The SMILES string of the molecule is CC/C=C\C/C=C\C/C=C\C/C=C\C/C=C\C/C=C\CCCCC(=O)NC(COP(=O)(O)OCC(O)COC(=O)CCCCCCCCCCCCCCCCCCCCCCC)C(=O)O. The highest BCUT2D eigenvalue weighted by molar-refractivity contribution is 7.47. The molecule has 66 heavy (non-hydrogen) atoms. The van der Waals surface area contributed by atoms with Crippen molar-refractivity contribution in [1.82, 2.24) is 5.32 Å². The molecule has 1 amide bonds. The summed E-state index contributed by atoms with van der Waals surface area (Å²) < 4.78 is 26.9. The van der Waals surface area contributed by atoms with Crippen molar-refractivity contribution in [3.8, 4) is 0 Å². The van der Waals surface area contributed by atoms with E-state index in [1.54, 1.807) is 0 Å². The van der Waals surface area contributed by atoms with Gasteiger partial charge in [-0.25, -0.2) is 9.36 Å². The fourth-order valence-electron chi connectivity index (χ4n) is 7.03. The molecule has 0 aromatic carbocycles. The minimum Gasteiger partial charge on any atom is -0.480 e. The van der Waals surface area contributed by atoms with Gasteiger partial charge in [-0.1, -0.05) is 215 Å². The highest BCUT2D eigenvalue weighted by Crippen LogP contribution is 2.43. The quantitative estimate of drug-likeness (QED) is 0.0199. The van der Waals surface area contributed by atoms with Crippen LogP contribution in [0.25, 0.3) is 0 Å². The van der Waals surface area contributed by atoms with E-state index in [1.165, 1.54) is 109 Å². The van der Waals surface area contributed by atoms with E-state index < -0.39 is 57.6 Å². The van der Waals surface area contributed by atoms with Crippen LogP contribution in [0.3, 0.4) is 0 Å². The third kappa shape index (κ3) is 47.4. The number of rotatable bonds is 48. The molecule has 0 rings (SSSR count). The molecule has 380 valence electrons. The molecule has 0 radical (unpaired) electrons. The van der Waals surface area contributed by atoms with Crippen molar-refractivity contribution in [2.45, 2.75) is 231 Å². The number of carbonyl (C=O) groups is 3. The van der Waals surface area contributed by atoms with Crippen molar-refractivity contribution in [2.24, 2.45) is 0 Å². The number of aliphatic hydroxyl groups is 1. The number of nitrogens with one attached hydrogen (secondary N) is 1. The Morgan fingerprint density at radius 1 is 0.500 bits per heavy atom. The molecule has 0 aliphatic carbocycles. The molecular weight excluding hydrogens is 854 g/mol. The van der Waals surface area contributed by atoms with Gasteiger partial charge in [-0.3, -0.25) is 18.6 Å². The number of hydrogen-bond donors (Lipinski definition) is 4. The Kier molecular flexibility index (Phi) is 46.1. The number of carboxylic acids is 1. The summed E-state index contributed by atoms with van der Waals surface area (Å²) >= 11 is 0. The van der Waals surface area contributed by atoms with Crippen LogP contribution in [-0.4, -0.2) is 64.9 Å². The van der Waals surface area contributed by atoms with Gasteiger partial charge in [0.05, 0.1) is 13.2 Å². The van der Waals surface area contributed by atoms with Gasteiger partial charge in [0.2, 0.25) is 5.91 Å². The van der Waals surface area contributed by atoms with Crippen LogP contribution in [0.4, 0.5) is 0 Å². The van der Waals surface area contributed by atoms with E-state index in [1.807, 2.05) is 0 Å². The number of phosphoric acid groups is 1. The number of esters is 1. The zero-order valence-electron chi connectivity index (χ0n) is 41.5. The normalized spacial score (nSPS) is 14.1. The summed E-state index contributed by atoms with van der Waals surface area (Å²) in [5.74, 6) is -2.43. The predicted octanol–water partition coefficient (Wildman–Crippen LogP) is 14.5. The Morgan fingerprint density at radius 3 is 1.30 bits per heavy atom. The van der Waals surface area contributed by atoms with Crippen LogP contribution in [0.5, 0.6) is 0 Å². The molecule has 4 N–H and O–H groups in total. The molecule has 12 heteroatoms. The second kappa shape index (κ2) is 48.4. The van der Waals surface area contributed by atoms with Crippen LogP contribution in [0.1, 0.15) is 219 Å². The summed E-state index contributed by atoms with van der Waals surface area (Å²) in [6.45, 7) is 2.48. The molecule has 0 fully saturated rings. The minimum absolute atomic E-state index is 0.0875. The van der Waals surface area contributed by atoms with E-state index >= 15 is 0 Å². The molecule has 0 spiro atoms. The maximum absolute atomic E-state index is 12.3. The number of phosphoric ester groups is 1. The molecule has 0 bridgehead atoms. The van der Waals surface area contributed by atoms with Crippen LogP contribution in [0, 0.1) is 0 Å². The summed E-state index contributed by atoms with van der Waals surface area (Å²) in [5, 5.41) is 21.9. The van der Waals surface area contributed by atoms with Gasteiger partial charge in [0.25, 0.3) is 0 Å². The van der Waals surface area contributed by atoms with Crippen molar-refractivity contribution in [3.63, 3.8) is 0 Å². The number of allylic oxidation sites excluding steroid dienone is 12. The third-order valence-electron chi connectivity index (χ3n) is 11.0. The van der Waals surface area contributed by atoms with Crippen LogP contribution in [0.15, 0.2) is 72.9 Å². The van der Waals surface area contributed by atoms with Crippen LogP contribution in [0.2, 0.25) is 0 Å². The number of amides is 1. The van der Waals surface area contributed by atoms with Gasteiger partial charge >= 0.3 is 19.8 Å². The van der Waals surface area contributed by atoms with Gasteiger partial charge in [-0.15, -0.1) is 0 Å². The average molecular weight is 948 g/mol. The van der Waals surface area contributed by atoms with Crippen molar-refractivity contribution in [3.05, 3.63) is 72.9 Å². The highest BCUT2D eigenvalue weighted by atomic mass is 31.2. The zero-order valence-corrected chi connectivity index (χ0v) is 42.4. The van der Waals surface area contributed by atoms with E-state index in [0.29, 0.717) is 12.8 Å². The lowest BCUT2D eigenvalue weighted by Gasteiger charge is -2.18. The second-order valence-corrected chi connectivity index (χ2v) is 18.8. The lowest BCUT2D eigenvalue weighted by atomic mass is 10.0. The molecule has 11 nitrogen and oxygen atoms in total. The van der Waals surface area contributed by atoms with Gasteiger partial charge in [0.1, 0.15) is 12.7 Å². The number of aliphatic hydroxyl groups excluding tert-OH is 1. The zero-order chi connectivity index (χ0) is 48.4. The number of ether oxygens (including phenoxy) is 1. The Balaban J connectivity index is 3.89. The molecule has 0 heterocycles. The van der Waals surface area contributed by atoms with E-state index in [2.05, 4.69) is 92.1 Å². The average Bonchev–Trinajstić information content (AvgIpc) is 3.29. The van der Waals surface area contributed by atoms with Crippen molar-refractivity contribution < 1.29 is 47.8 Å². The molecule has 0 aromatic rings. The van der Waals surface area contributed by atoms with Crippen molar-refractivity contribution >= 4 is 25.7 Å². The predicted molar refractivity (Wildman–Crippen MR) is 272 cm³/mol. The summed E-state index contributed by atoms with van der Waals surface area (Å²) in [5.41, 5.74) is 0. The first kappa shape index (κ1) is 62.9. The summed E-state index contributed by atoms with van der Waals surface area (Å²) in [6.07, 6.45) is 59.3. The van der Waals surface area contributed by atoms with Gasteiger partial charge in [0.15, 0.2) is 6.04 Å². The maximum Gasteiger partial charge on any atom is 0.472 e. The lowest BCUT2D eigenvalue weighted by molar-refractivity contribution is -0.147. The first-order valence-corrected chi connectivity index (χ1v) is 27.5. The Hall–Kier alpha value is -3.08. The van der Waals surface area contributed by atoms with Crippen LogP contribution >= 0.6 is 7.82 Å². The van der Waals surface area contributed by atoms with Crippen molar-refractivity contribution in [2.75, 3.05) is 19.8 Å². The molecular formula is C54H94NO10P. The number of unbranched alkanes of at least 4 members (excludes halogenated alkanes) is 22. The molecule has 0 aliphatic rings. The van der Waals surface area contributed by atoms with Gasteiger partial charge in [-0.05, 0) is 64.2 Å². The Labute approximate surface area is 401 Å². The first-order chi connectivity index (χ1) is 32.1. The van der Waals surface area contributed by atoms with Crippen LogP contribution in [-0.2, 0) is 32.7 Å². The lowest BCUT2D eigenvalue weighted by Crippen LogP contribution is -2.43. The number of carboxylic acid groups (broad SMARTS) is 1.